The smallest absolute Gasteiger partial charge is 0.334 e. The number of ether oxygens (including phenoxy) is 3. The Morgan fingerprint density at radius 3 is 2.33 bits per heavy atom. The maximum absolute atomic E-state index is 12.7. The third kappa shape index (κ3) is 1.26. The lowest BCUT2D eigenvalue weighted by atomic mass is 9.54. The van der Waals surface area contributed by atoms with E-state index in [9.17, 15) is 9.59 Å². The molecule has 130 valence electrons. The second kappa shape index (κ2) is 4.06. The van der Waals surface area contributed by atoms with E-state index in [1.165, 1.54) is 33.5 Å². The van der Waals surface area contributed by atoms with Crippen molar-refractivity contribution in [1.29, 1.82) is 0 Å². The molecule has 4 aliphatic carbocycles. The van der Waals surface area contributed by atoms with Gasteiger partial charge in [0.2, 0.25) is 0 Å². The van der Waals surface area contributed by atoms with E-state index in [4.69, 9.17) is 14.2 Å². The van der Waals surface area contributed by atoms with Crippen LogP contribution in [0, 0.1) is 29.1 Å². The second-order valence-electron chi connectivity index (χ2n) is 8.81. The van der Waals surface area contributed by atoms with Crippen molar-refractivity contribution < 1.29 is 23.8 Å². The predicted molar refractivity (Wildman–Crippen MR) is 83.8 cm³/mol. The lowest BCUT2D eigenvalue weighted by Gasteiger charge is -2.45. The van der Waals surface area contributed by atoms with Crippen LogP contribution in [0.5, 0.6) is 0 Å². The SMILES string of the molecule is COC(=O)C1=C(C(=O)OC)[C@H]2C(C)(C)[C@H]1C[C@@]13O[C@]21[C@H]1CC[C@H]3C1. The van der Waals surface area contributed by atoms with E-state index in [1.807, 2.05) is 0 Å². The van der Waals surface area contributed by atoms with Crippen LogP contribution < -0.4 is 0 Å². The summed E-state index contributed by atoms with van der Waals surface area (Å²) in [5.41, 5.74) is 0.518. The summed E-state index contributed by atoms with van der Waals surface area (Å²) in [5, 5.41) is 0. The first kappa shape index (κ1) is 14.9. The summed E-state index contributed by atoms with van der Waals surface area (Å²) in [6.07, 6.45) is 4.43. The highest BCUT2D eigenvalue weighted by molar-refractivity contribution is 6.03. The molecule has 6 atom stereocenters. The van der Waals surface area contributed by atoms with E-state index < -0.39 is 0 Å². The molecule has 4 fully saturated rings. The molecular weight excluding hydrogens is 308 g/mol. The zero-order valence-electron chi connectivity index (χ0n) is 14.7. The van der Waals surface area contributed by atoms with Gasteiger partial charge in [0.25, 0.3) is 0 Å². The highest BCUT2D eigenvalue weighted by atomic mass is 16.6. The van der Waals surface area contributed by atoms with Crippen molar-refractivity contribution in [3.8, 4) is 0 Å². The molecule has 5 heteroatoms. The topological polar surface area (TPSA) is 65.1 Å². The minimum atomic E-state index is -0.389. The Hall–Kier alpha value is -1.36. The normalized spacial score (nSPS) is 48.8. The van der Waals surface area contributed by atoms with E-state index in [-0.39, 0.29) is 40.4 Å². The molecule has 0 aromatic carbocycles. The zero-order chi connectivity index (χ0) is 17.1. The van der Waals surface area contributed by atoms with E-state index in [2.05, 4.69) is 13.8 Å². The largest absolute Gasteiger partial charge is 0.466 e. The van der Waals surface area contributed by atoms with Crippen LogP contribution >= 0.6 is 0 Å². The van der Waals surface area contributed by atoms with Crippen LogP contribution in [-0.2, 0) is 23.8 Å². The fourth-order valence-electron chi connectivity index (χ4n) is 7.23. The molecule has 0 spiro atoms. The third-order valence-corrected chi connectivity index (χ3v) is 7.99. The quantitative estimate of drug-likeness (QED) is 0.573. The summed E-state index contributed by atoms with van der Waals surface area (Å²) in [5.74, 6) is 0.249. The molecule has 5 rings (SSSR count). The standard InChI is InChI=1S/C19H24O5/c1-17(2)11-8-18-9-5-6-10(7-9)19(18,24-18)14(17)13(16(21)23-4)12(11)15(20)22-3/h9-11,14H,5-8H2,1-4H3/t9-,10-,11-,14-,18-,19+/m0/s1. The first-order valence-corrected chi connectivity index (χ1v) is 8.96. The lowest BCUT2D eigenvalue weighted by molar-refractivity contribution is -0.139. The van der Waals surface area contributed by atoms with Crippen LogP contribution in [0.1, 0.15) is 39.5 Å². The number of hydrogen-bond acceptors (Lipinski definition) is 5. The maximum Gasteiger partial charge on any atom is 0.334 e. The Balaban J connectivity index is 1.73. The fraction of sp³-hybridized carbons (Fsp3) is 0.789. The fourth-order valence-corrected chi connectivity index (χ4v) is 7.23. The Bertz CT molecular complexity index is 707. The number of carbonyl (C=O) groups is 2. The van der Waals surface area contributed by atoms with Crippen LogP contribution in [0.15, 0.2) is 11.1 Å². The number of hydrogen-bond donors (Lipinski definition) is 0. The van der Waals surface area contributed by atoms with Crippen molar-refractivity contribution in [3.63, 3.8) is 0 Å². The Kier molecular flexibility index (Phi) is 2.53. The minimum Gasteiger partial charge on any atom is -0.466 e. The molecule has 0 radical (unpaired) electrons. The van der Waals surface area contributed by atoms with Crippen molar-refractivity contribution in [1.82, 2.24) is 0 Å². The van der Waals surface area contributed by atoms with Crippen LogP contribution in [-0.4, -0.2) is 37.4 Å². The van der Waals surface area contributed by atoms with Crippen LogP contribution in [0.2, 0.25) is 0 Å². The highest BCUT2D eigenvalue weighted by Crippen LogP contribution is 2.83. The van der Waals surface area contributed by atoms with Crippen molar-refractivity contribution >= 4 is 11.9 Å². The molecule has 0 unspecified atom stereocenters. The monoisotopic (exact) mass is 332 g/mol. The number of rotatable bonds is 2. The number of epoxide rings is 1. The summed E-state index contributed by atoms with van der Waals surface area (Å²) in [7, 11) is 2.77. The van der Waals surface area contributed by atoms with Gasteiger partial charge < -0.3 is 14.2 Å². The van der Waals surface area contributed by atoms with Crippen molar-refractivity contribution in [2.75, 3.05) is 14.2 Å². The summed E-state index contributed by atoms with van der Waals surface area (Å²) >= 11 is 0. The van der Waals surface area contributed by atoms with Gasteiger partial charge >= 0.3 is 11.9 Å². The van der Waals surface area contributed by atoms with E-state index in [1.54, 1.807) is 0 Å². The molecule has 3 saturated carbocycles. The van der Waals surface area contributed by atoms with Crippen LogP contribution in [0.4, 0.5) is 0 Å². The van der Waals surface area contributed by atoms with Gasteiger partial charge in [0.1, 0.15) is 11.2 Å². The minimum absolute atomic E-state index is 0.000903. The zero-order valence-corrected chi connectivity index (χ0v) is 14.7. The maximum atomic E-state index is 12.7. The average molecular weight is 332 g/mol. The molecule has 1 saturated heterocycles. The number of fused-ring (bicyclic) bond motifs is 4. The van der Waals surface area contributed by atoms with Crippen molar-refractivity contribution in [2.45, 2.75) is 50.7 Å². The summed E-state index contributed by atoms with van der Waals surface area (Å²) in [4.78, 5) is 25.2. The molecule has 1 aliphatic heterocycles. The van der Waals surface area contributed by atoms with Crippen LogP contribution in [0.3, 0.4) is 0 Å². The Morgan fingerprint density at radius 1 is 1.04 bits per heavy atom. The Morgan fingerprint density at radius 2 is 1.67 bits per heavy atom. The molecule has 5 aliphatic rings. The van der Waals surface area contributed by atoms with E-state index >= 15 is 0 Å². The van der Waals surface area contributed by atoms with Gasteiger partial charge in [-0.2, -0.15) is 0 Å². The number of methoxy groups -OCH3 is 2. The van der Waals surface area contributed by atoms with E-state index in [0.717, 1.165) is 6.42 Å². The van der Waals surface area contributed by atoms with E-state index in [0.29, 0.717) is 23.0 Å². The molecule has 1 heterocycles. The predicted octanol–water partition coefficient (Wildman–Crippen LogP) is 2.24. The average Bonchev–Trinajstić information content (AvgIpc) is 2.83. The van der Waals surface area contributed by atoms with Crippen molar-refractivity contribution in [3.05, 3.63) is 11.1 Å². The molecule has 24 heavy (non-hydrogen) atoms. The molecule has 0 amide bonds. The first-order valence-electron chi connectivity index (χ1n) is 8.96. The molecule has 5 nitrogen and oxygen atoms in total. The molecule has 4 bridgehead atoms. The molecular formula is C19H24O5. The molecule has 0 N–H and O–H groups in total. The number of esters is 2. The summed E-state index contributed by atoms with van der Waals surface area (Å²) in [6.45, 7) is 4.35. The van der Waals surface area contributed by atoms with Gasteiger partial charge in [0.05, 0.1) is 25.4 Å². The van der Waals surface area contributed by atoms with Gasteiger partial charge in [-0.3, -0.25) is 0 Å². The van der Waals surface area contributed by atoms with Gasteiger partial charge in [-0.25, -0.2) is 9.59 Å². The Labute approximate surface area is 141 Å². The second-order valence-corrected chi connectivity index (χ2v) is 8.81. The van der Waals surface area contributed by atoms with Gasteiger partial charge in [0.15, 0.2) is 0 Å². The molecule has 0 aromatic rings. The third-order valence-electron chi connectivity index (χ3n) is 7.99. The summed E-state index contributed by atoms with van der Waals surface area (Å²) < 4.78 is 16.7. The first-order chi connectivity index (χ1) is 11.3. The van der Waals surface area contributed by atoms with Gasteiger partial charge in [-0.1, -0.05) is 13.8 Å². The summed E-state index contributed by atoms with van der Waals surface area (Å²) in [6, 6.07) is 0. The highest BCUT2D eigenvalue weighted by Gasteiger charge is 2.90. The number of carbonyl (C=O) groups excluding carboxylic acids is 2. The van der Waals surface area contributed by atoms with Crippen molar-refractivity contribution in [2.24, 2.45) is 29.1 Å². The van der Waals surface area contributed by atoms with Crippen LogP contribution in [0.25, 0.3) is 0 Å². The van der Waals surface area contributed by atoms with Gasteiger partial charge in [-0.05, 0) is 42.9 Å². The van der Waals surface area contributed by atoms with Gasteiger partial charge in [-0.15, -0.1) is 0 Å². The molecule has 0 aromatic heterocycles. The lowest BCUT2D eigenvalue weighted by Crippen LogP contribution is -2.52. The van der Waals surface area contributed by atoms with Gasteiger partial charge in [0, 0.05) is 11.8 Å².